The van der Waals surface area contributed by atoms with Crippen molar-refractivity contribution in [1.82, 2.24) is 24.5 Å². The molecule has 0 spiro atoms. The number of aryl methyl sites for hydroxylation is 1. The Labute approximate surface area is 193 Å². The third-order valence-electron chi connectivity index (χ3n) is 5.62. The van der Waals surface area contributed by atoms with Crippen molar-refractivity contribution in [3.63, 3.8) is 0 Å². The zero-order valence-corrected chi connectivity index (χ0v) is 20.0. The number of tetrazole rings is 1. The van der Waals surface area contributed by atoms with Crippen molar-refractivity contribution in [3.8, 4) is 0 Å². The monoisotopic (exact) mass is 478 g/mol. The number of ether oxygens (including phenoxy) is 1. The summed E-state index contributed by atoms with van der Waals surface area (Å²) < 4.78 is 33.7. The molecule has 1 unspecified atom stereocenters. The number of amides is 1. The summed E-state index contributed by atoms with van der Waals surface area (Å²) in [4.78, 5) is 26.7. The summed E-state index contributed by atoms with van der Waals surface area (Å²) in [6.07, 6.45) is 1.92. The van der Waals surface area contributed by atoms with Crippen LogP contribution in [-0.2, 0) is 37.5 Å². The van der Waals surface area contributed by atoms with Crippen molar-refractivity contribution in [2.75, 3.05) is 24.5 Å². The number of anilines is 1. The number of aromatic nitrogens is 4. The second-order valence-electron chi connectivity index (χ2n) is 7.77. The highest BCUT2D eigenvalue weighted by atomic mass is 32.2. The quantitative estimate of drug-likeness (QED) is 0.446. The summed E-state index contributed by atoms with van der Waals surface area (Å²) in [6, 6.07) is 6.14. The minimum absolute atomic E-state index is 0.0269. The maximum Gasteiger partial charge on any atom is 0.311 e. The third kappa shape index (κ3) is 5.56. The minimum atomic E-state index is -3.58. The van der Waals surface area contributed by atoms with Gasteiger partial charge in [-0.2, -0.15) is 4.31 Å². The molecule has 1 aromatic carbocycles. The van der Waals surface area contributed by atoms with Crippen molar-refractivity contribution >= 4 is 27.6 Å². The molecule has 2 heterocycles. The zero-order valence-electron chi connectivity index (χ0n) is 19.2. The van der Waals surface area contributed by atoms with Crippen LogP contribution >= 0.6 is 0 Å². The molecule has 12 heteroatoms. The largest absolute Gasteiger partial charge is 0.457 e. The van der Waals surface area contributed by atoms with Gasteiger partial charge in [-0.15, -0.1) is 5.10 Å². The van der Waals surface area contributed by atoms with Gasteiger partial charge >= 0.3 is 5.97 Å². The molecule has 0 bridgehead atoms. The van der Waals surface area contributed by atoms with Crippen LogP contribution in [-0.4, -0.2) is 64.4 Å². The zero-order chi connectivity index (χ0) is 24.0. The third-order valence-corrected chi connectivity index (χ3v) is 7.69. The van der Waals surface area contributed by atoms with E-state index in [2.05, 4.69) is 22.4 Å². The molecule has 11 nitrogen and oxygen atoms in total. The van der Waals surface area contributed by atoms with Gasteiger partial charge in [-0.05, 0) is 41.1 Å². The van der Waals surface area contributed by atoms with Gasteiger partial charge in [-0.25, -0.2) is 13.1 Å². The van der Waals surface area contributed by atoms with Crippen LogP contribution in [0.5, 0.6) is 0 Å². The van der Waals surface area contributed by atoms with Crippen LogP contribution in [0.2, 0.25) is 0 Å². The Morgan fingerprint density at radius 3 is 2.52 bits per heavy atom. The fraction of sp³-hybridized carbons (Fsp3) is 0.571. The Bertz CT molecular complexity index is 1070. The van der Waals surface area contributed by atoms with Crippen LogP contribution in [0.1, 0.15) is 45.9 Å². The molecular weight excluding hydrogens is 448 g/mol. The van der Waals surface area contributed by atoms with Gasteiger partial charge in [-0.1, -0.05) is 27.2 Å². The van der Waals surface area contributed by atoms with Crippen LogP contribution in [0.3, 0.4) is 0 Å². The van der Waals surface area contributed by atoms with E-state index in [0.717, 1.165) is 12.8 Å². The number of nitrogens with zero attached hydrogens (tertiary/aromatic N) is 6. The van der Waals surface area contributed by atoms with Crippen LogP contribution in [0.25, 0.3) is 0 Å². The van der Waals surface area contributed by atoms with Gasteiger partial charge in [0.2, 0.25) is 15.9 Å². The molecule has 1 amide bonds. The van der Waals surface area contributed by atoms with Gasteiger partial charge in [0.05, 0.1) is 10.8 Å². The molecule has 1 saturated heterocycles. The number of unbranched alkanes of at least 4 members (excludes halogenated alkanes) is 1. The number of rotatable bonds is 11. The van der Waals surface area contributed by atoms with Crippen molar-refractivity contribution in [2.45, 2.75) is 58.1 Å². The molecule has 1 fully saturated rings. The smallest absolute Gasteiger partial charge is 0.311 e. The molecule has 2 aromatic rings. The molecular formula is C21H30N6O5S. The number of carbonyl (C=O) groups excluding carboxylic acids is 2. The lowest BCUT2D eigenvalue weighted by Crippen LogP contribution is -2.30. The highest BCUT2D eigenvalue weighted by molar-refractivity contribution is 7.89. The molecule has 0 aliphatic carbocycles. The van der Waals surface area contributed by atoms with E-state index in [1.54, 1.807) is 30.7 Å². The van der Waals surface area contributed by atoms with Crippen LogP contribution in [0.4, 0.5) is 5.69 Å². The van der Waals surface area contributed by atoms with E-state index in [-0.39, 0.29) is 30.4 Å². The van der Waals surface area contributed by atoms with E-state index in [9.17, 15) is 18.0 Å². The van der Waals surface area contributed by atoms with E-state index in [4.69, 9.17) is 4.74 Å². The van der Waals surface area contributed by atoms with E-state index in [0.29, 0.717) is 31.1 Å². The number of esters is 1. The first-order valence-corrected chi connectivity index (χ1v) is 12.6. The number of hydrogen-bond donors (Lipinski definition) is 0. The van der Waals surface area contributed by atoms with Crippen LogP contribution in [0, 0.1) is 5.92 Å². The van der Waals surface area contributed by atoms with Gasteiger partial charge in [-0.3, -0.25) is 9.59 Å². The molecule has 1 aliphatic rings. The standard InChI is InChI=1S/C21H30N6O5S/c1-4-7-12-27-19(22-23-24-27)15-32-21(29)16-13-20(28)26(14-16)17-8-10-18(11-9-17)33(30,31)25(5-2)6-3/h8-11,16H,4-7,12-15H2,1-3H3. The highest BCUT2D eigenvalue weighted by Crippen LogP contribution is 2.27. The van der Waals surface area contributed by atoms with E-state index in [1.807, 2.05) is 0 Å². The second kappa shape index (κ2) is 10.8. The Balaban J connectivity index is 1.62. The molecule has 0 radical (unpaired) electrons. The lowest BCUT2D eigenvalue weighted by molar-refractivity contribution is -0.150. The maximum atomic E-state index is 12.7. The average molecular weight is 479 g/mol. The predicted octanol–water partition coefficient (Wildman–Crippen LogP) is 1.60. The summed E-state index contributed by atoms with van der Waals surface area (Å²) in [7, 11) is -3.58. The van der Waals surface area contributed by atoms with Gasteiger partial charge in [0, 0.05) is 38.3 Å². The van der Waals surface area contributed by atoms with Crippen molar-refractivity contribution < 1.29 is 22.7 Å². The fourth-order valence-electron chi connectivity index (χ4n) is 3.69. The van der Waals surface area contributed by atoms with Gasteiger partial charge < -0.3 is 9.64 Å². The molecule has 0 N–H and O–H groups in total. The first-order chi connectivity index (χ1) is 15.8. The Kier molecular flexibility index (Phi) is 8.14. The summed E-state index contributed by atoms with van der Waals surface area (Å²) in [5, 5.41) is 11.4. The molecule has 33 heavy (non-hydrogen) atoms. The van der Waals surface area contributed by atoms with Crippen LogP contribution < -0.4 is 4.90 Å². The first kappa shape index (κ1) is 24.8. The molecule has 180 valence electrons. The summed E-state index contributed by atoms with van der Waals surface area (Å²) in [5.74, 6) is -0.861. The Morgan fingerprint density at radius 2 is 1.88 bits per heavy atom. The summed E-state index contributed by atoms with van der Waals surface area (Å²) in [5.41, 5.74) is 0.539. The van der Waals surface area contributed by atoms with E-state index >= 15 is 0 Å². The molecule has 0 saturated carbocycles. The summed E-state index contributed by atoms with van der Waals surface area (Å²) in [6.45, 7) is 7.13. The number of hydrogen-bond acceptors (Lipinski definition) is 8. The van der Waals surface area contributed by atoms with Crippen molar-refractivity contribution in [2.24, 2.45) is 5.92 Å². The highest BCUT2D eigenvalue weighted by Gasteiger charge is 2.36. The maximum absolute atomic E-state index is 12.7. The molecule has 1 aliphatic heterocycles. The minimum Gasteiger partial charge on any atom is -0.457 e. The SMILES string of the molecule is CCCCn1nnnc1COC(=O)C1CC(=O)N(c2ccc(S(=O)(=O)N(CC)CC)cc2)C1. The Morgan fingerprint density at radius 1 is 1.18 bits per heavy atom. The van der Waals surface area contributed by atoms with Crippen molar-refractivity contribution in [3.05, 3.63) is 30.1 Å². The van der Waals surface area contributed by atoms with Gasteiger partial charge in [0.1, 0.15) is 0 Å². The lowest BCUT2D eigenvalue weighted by atomic mass is 10.1. The van der Waals surface area contributed by atoms with Crippen LogP contribution in [0.15, 0.2) is 29.2 Å². The number of sulfonamides is 1. The average Bonchev–Trinajstić information content (AvgIpc) is 3.43. The fourth-order valence-corrected chi connectivity index (χ4v) is 5.15. The molecule has 1 atom stereocenters. The number of carbonyl (C=O) groups is 2. The lowest BCUT2D eigenvalue weighted by Gasteiger charge is -2.20. The molecule has 1 aromatic heterocycles. The summed E-state index contributed by atoms with van der Waals surface area (Å²) >= 11 is 0. The van der Waals surface area contributed by atoms with E-state index in [1.165, 1.54) is 21.3 Å². The van der Waals surface area contributed by atoms with Gasteiger partial charge in [0.25, 0.3) is 0 Å². The second-order valence-corrected chi connectivity index (χ2v) is 9.71. The normalized spacial score (nSPS) is 16.5. The molecule has 3 rings (SSSR count). The van der Waals surface area contributed by atoms with E-state index < -0.39 is 21.9 Å². The topological polar surface area (TPSA) is 128 Å². The Hall–Kier alpha value is -2.86. The van der Waals surface area contributed by atoms with Crippen molar-refractivity contribution in [1.29, 1.82) is 0 Å². The van der Waals surface area contributed by atoms with Gasteiger partial charge in [0.15, 0.2) is 12.4 Å². The first-order valence-electron chi connectivity index (χ1n) is 11.1. The number of benzene rings is 1. The predicted molar refractivity (Wildman–Crippen MR) is 120 cm³/mol.